The molecule has 0 saturated carbocycles. The highest BCUT2D eigenvalue weighted by molar-refractivity contribution is 5.14. The van der Waals surface area contributed by atoms with E-state index < -0.39 is 30.6 Å². The van der Waals surface area contributed by atoms with Gasteiger partial charge in [-0.05, 0) is 18.9 Å². The van der Waals surface area contributed by atoms with Gasteiger partial charge in [-0.15, -0.1) is 0 Å². The fourth-order valence-corrected chi connectivity index (χ4v) is 2.22. The summed E-state index contributed by atoms with van der Waals surface area (Å²) in [6.45, 7) is 2.30. The fourth-order valence-electron chi connectivity index (χ4n) is 2.22. The fraction of sp³-hybridized carbons (Fsp3) is 0.571. The second-order valence-electron chi connectivity index (χ2n) is 4.92. The first-order valence-electron chi connectivity index (χ1n) is 6.56. The maximum absolute atomic E-state index is 9.83. The van der Waals surface area contributed by atoms with Crippen LogP contribution in [-0.2, 0) is 11.2 Å². The van der Waals surface area contributed by atoms with E-state index in [-0.39, 0.29) is 0 Å². The van der Waals surface area contributed by atoms with Crippen molar-refractivity contribution in [1.29, 1.82) is 0 Å². The van der Waals surface area contributed by atoms with Gasteiger partial charge in [0.15, 0.2) is 0 Å². The highest BCUT2D eigenvalue weighted by atomic mass is 16.5. The van der Waals surface area contributed by atoms with Crippen molar-refractivity contribution in [2.24, 2.45) is 0 Å². The number of ether oxygens (including phenoxy) is 1. The molecule has 1 heterocycles. The Morgan fingerprint density at radius 3 is 2.42 bits per heavy atom. The lowest BCUT2D eigenvalue weighted by atomic mass is 9.99. The first kappa shape index (κ1) is 14.4. The van der Waals surface area contributed by atoms with E-state index in [1.165, 1.54) is 5.56 Å². The number of aliphatic hydroxyl groups excluding tert-OH is 3. The van der Waals surface area contributed by atoms with Crippen LogP contribution in [0.5, 0.6) is 0 Å². The highest BCUT2D eigenvalue weighted by Crippen LogP contribution is 2.19. The van der Waals surface area contributed by atoms with Gasteiger partial charge in [-0.1, -0.05) is 30.3 Å². The van der Waals surface area contributed by atoms with Crippen LogP contribution in [0.3, 0.4) is 0 Å². The van der Waals surface area contributed by atoms with E-state index in [1.54, 1.807) is 6.92 Å². The molecule has 0 spiro atoms. The average molecular weight is 267 g/mol. The van der Waals surface area contributed by atoms with Crippen molar-refractivity contribution in [3.05, 3.63) is 35.9 Å². The Morgan fingerprint density at radius 2 is 1.74 bits per heavy atom. The molecule has 5 nitrogen and oxygen atoms in total. The van der Waals surface area contributed by atoms with Crippen LogP contribution in [0.25, 0.3) is 0 Å². The zero-order valence-corrected chi connectivity index (χ0v) is 10.9. The van der Waals surface area contributed by atoms with E-state index in [0.29, 0.717) is 6.54 Å². The third kappa shape index (κ3) is 3.52. The van der Waals surface area contributed by atoms with E-state index >= 15 is 0 Å². The number of hydrogen-bond acceptors (Lipinski definition) is 5. The predicted octanol–water partition coefficient (Wildman–Crippen LogP) is -0.354. The SMILES string of the molecule is C[C@@H]1O[C@H](NCCc2ccccc2)[C@H](O)[C@@H](O)[C@@H]1O. The molecule has 1 aliphatic rings. The van der Waals surface area contributed by atoms with Gasteiger partial charge in [0, 0.05) is 6.54 Å². The Bertz CT molecular complexity index is 386. The van der Waals surface area contributed by atoms with Crippen molar-refractivity contribution < 1.29 is 20.1 Å². The van der Waals surface area contributed by atoms with Crippen LogP contribution in [0.1, 0.15) is 12.5 Å². The normalized spacial score (nSPS) is 35.3. The van der Waals surface area contributed by atoms with Crippen molar-refractivity contribution in [3.8, 4) is 0 Å². The van der Waals surface area contributed by atoms with Crippen LogP contribution in [0.2, 0.25) is 0 Å². The summed E-state index contributed by atoms with van der Waals surface area (Å²) in [6, 6.07) is 9.97. The minimum absolute atomic E-state index is 0.507. The molecule has 5 atom stereocenters. The van der Waals surface area contributed by atoms with Gasteiger partial charge in [-0.2, -0.15) is 0 Å². The molecule has 0 radical (unpaired) electrons. The maximum Gasteiger partial charge on any atom is 0.137 e. The Kier molecular flexibility index (Phi) is 4.90. The molecule has 106 valence electrons. The lowest BCUT2D eigenvalue weighted by Crippen LogP contribution is -2.61. The molecule has 1 aliphatic heterocycles. The molecule has 0 bridgehead atoms. The molecule has 0 aliphatic carbocycles. The van der Waals surface area contributed by atoms with Crippen LogP contribution >= 0.6 is 0 Å². The molecular formula is C14H21NO4. The van der Waals surface area contributed by atoms with Gasteiger partial charge in [0.25, 0.3) is 0 Å². The predicted molar refractivity (Wildman–Crippen MR) is 70.5 cm³/mol. The number of nitrogens with one attached hydrogen (secondary N) is 1. The zero-order valence-electron chi connectivity index (χ0n) is 10.9. The molecule has 0 aromatic heterocycles. The van der Waals surface area contributed by atoms with E-state index in [2.05, 4.69) is 5.32 Å². The highest BCUT2D eigenvalue weighted by Gasteiger charge is 2.41. The number of hydrogen-bond donors (Lipinski definition) is 4. The standard InChI is InChI=1S/C14H21NO4/c1-9-11(16)12(17)13(18)14(19-9)15-8-7-10-5-3-2-4-6-10/h2-6,9,11-18H,7-8H2,1H3/t9-,11+,12-,13+,14-/m0/s1. The van der Waals surface area contributed by atoms with E-state index in [0.717, 1.165) is 6.42 Å². The Labute approximate surface area is 112 Å². The quantitative estimate of drug-likeness (QED) is 0.599. The summed E-state index contributed by atoms with van der Waals surface area (Å²) in [7, 11) is 0. The molecule has 1 aromatic carbocycles. The Balaban J connectivity index is 1.82. The molecule has 0 unspecified atom stereocenters. The lowest BCUT2D eigenvalue weighted by Gasteiger charge is -2.39. The summed E-state index contributed by atoms with van der Waals surface area (Å²) in [5, 5.41) is 32.1. The van der Waals surface area contributed by atoms with Gasteiger partial charge >= 0.3 is 0 Å². The molecular weight excluding hydrogens is 246 g/mol. The number of benzene rings is 1. The molecule has 5 heteroatoms. The van der Waals surface area contributed by atoms with Crippen LogP contribution in [-0.4, -0.2) is 52.5 Å². The number of aliphatic hydroxyl groups is 3. The van der Waals surface area contributed by atoms with Gasteiger partial charge < -0.3 is 20.1 Å². The van der Waals surface area contributed by atoms with E-state index in [9.17, 15) is 15.3 Å². The van der Waals surface area contributed by atoms with Gasteiger partial charge in [0.1, 0.15) is 24.5 Å². The van der Waals surface area contributed by atoms with Gasteiger partial charge in [-0.3, -0.25) is 5.32 Å². The minimum atomic E-state index is -1.18. The van der Waals surface area contributed by atoms with Crippen molar-refractivity contribution in [3.63, 3.8) is 0 Å². The summed E-state index contributed by atoms with van der Waals surface area (Å²) >= 11 is 0. The summed E-state index contributed by atoms with van der Waals surface area (Å²) < 4.78 is 5.45. The largest absolute Gasteiger partial charge is 0.388 e. The lowest BCUT2D eigenvalue weighted by molar-refractivity contribution is -0.224. The van der Waals surface area contributed by atoms with Gasteiger partial charge in [-0.25, -0.2) is 0 Å². The van der Waals surface area contributed by atoms with Crippen LogP contribution in [0.4, 0.5) is 0 Å². The molecule has 2 rings (SSSR count). The van der Waals surface area contributed by atoms with Gasteiger partial charge in [0.05, 0.1) is 6.10 Å². The molecule has 19 heavy (non-hydrogen) atoms. The minimum Gasteiger partial charge on any atom is -0.388 e. The number of rotatable bonds is 4. The Morgan fingerprint density at radius 1 is 1.05 bits per heavy atom. The molecule has 1 aromatic rings. The molecule has 1 fully saturated rings. The first-order chi connectivity index (χ1) is 9.09. The van der Waals surface area contributed by atoms with Crippen molar-refractivity contribution >= 4 is 0 Å². The monoisotopic (exact) mass is 267 g/mol. The summed E-state index contributed by atoms with van der Waals surface area (Å²) in [5.74, 6) is 0. The molecule has 1 saturated heterocycles. The summed E-state index contributed by atoms with van der Waals surface area (Å²) in [6.07, 6.45) is -3.72. The van der Waals surface area contributed by atoms with Crippen molar-refractivity contribution in [1.82, 2.24) is 5.32 Å². The van der Waals surface area contributed by atoms with Crippen molar-refractivity contribution in [2.75, 3.05) is 6.54 Å². The zero-order chi connectivity index (χ0) is 13.8. The van der Waals surface area contributed by atoms with Crippen LogP contribution in [0.15, 0.2) is 30.3 Å². The summed E-state index contributed by atoms with van der Waals surface area (Å²) in [5.41, 5.74) is 1.19. The summed E-state index contributed by atoms with van der Waals surface area (Å²) in [4.78, 5) is 0. The average Bonchev–Trinajstić information content (AvgIpc) is 2.43. The van der Waals surface area contributed by atoms with Crippen LogP contribution < -0.4 is 5.32 Å². The van der Waals surface area contributed by atoms with Crippen molar-refractivity contribution in [2.45, 2.75) is 44.0 Å². The van der Waals surface area contributed by atoms with Crippen LogP contribution in [0, 0.1) is 0 Å². The Hall–Kier alpha value is -0.980. The molecule has 4 N–H and O–H groups in total. The second kappa shape index (κ2) is 6.45. The first-order valence-corrected chi connectivity index (χ1v) is 6.56. The van der Waals surface area contributed by atoms with E-state index in [1.807, 2.05) is 30.3 Å². The molecule has 0 amide bonds. The second-order valence-corrected chi connectivity index (χ2v) is 4.92. The third-order valence-electron chi connectivity index (χ3n) is 3.45. The maximum atomic E-state index is 9.83. The van der Waals surface area contributed by atoms with Gasteiger partial charge in [0.2, 0.25) is 0 Å². The third-order valence-corrected chi connectivity index (χ3v) is 3.45. The topological polar surface area (TPSA) is 82.0 Å². The smallest absolute Gasteiger partial charge is 0.137 e. The van der Waals surface area contributed by atoms with E-state index in [4.69, 9.17) is 4.74 Å².